The lowest BCUT2D eigenvalue weighted by Gasteiger charge is -2.33. The molecule has 0 atom stereocenters. The van der Waals surface area contributed by atoms with E-state index in [0.29, 0.717) is 11.6 Å². The standard InChI is InChI=1S/C24H31N3O3/c1-26(17-23(28)25-21-8-10-22(30-2)11-9-21)18-24(29)27-14-12-20(13-15-27)16-19-6-4-3-5-7-19/h3-11,20H,12-18H2,1-2H3,(H,25,28). The Balaban J connectivity index is 1.38. The van der Waals surface area contributed by atoms with Crippen molar-refractivity contribution in [1.29, 1.82) is 0 Å². The number of anilines is 1. The molecule has 160 valence electrons. The Morgan fingerprint density at radius 1 is 1.03 bits per heavy atom. The summed E-state index contributed by atoms with van der Waals surface area (Å²) in [4.78, 5) is 28.6. The minimum absolute atomic E-state index is 0.0907. The summed E-state index contributed by atoms with van der Waals surface area (Å²) in [6.45, 7) is 2.01. The van der Waals surface area contributed by atoms with Crippen LogP contribution in [0.5, 0.6) is 5.75 Å². The third-order valence-electron chi connectivity index (χ3n) is 5.53. The van der Waals surface area contributed by atoms with Gasteiger partial charge in [-0.25, -0.2) is 0 Å². The van der Waals surface area contributed by atoms with Crippen molar-refractivity contribution < 1.29 is 14.3 Å². The monoisotopic (exact) mass is 409 g/mol. The maximum absolute atomic E-state index is 12.6. The summed E-state index contributed by atoms with van der Waals surface area (Å²) < 4.78 is 5.11. The minimum Gasteiger partial charge on any atom is -0.497 e. The molecule has 1 aliphatic rings. The number of piperidine rings is 1. The molecule has 1 fully saturated rings. The van der Waals surface area contributed by atoms with Crippen molar-refractivity contribution in [2.75, 3.05) is 45.7 Å². The van der Waals surface area contributed by atoms with Gasteiger partial charge in [0.15, 0.2) is 0 Å². The molecular formula is C24H31N3O3. The van der Waals surface area contributed by atoms with Crippen LogP contribution in [0.2, 0.25) is 0 Å². The summed E-state index contributed by atoms with van der Waals surface area (Å²) in [7, 11) is 3.40. The molecule has 0 saturated carbocycles. The lowest BCUT2D eigenvalue weighted by molar-refractivity contribution is -0.133. The van der Waals surface area contributed by atoms with Crippen LogP contribution in [-0.4, -0.2) is 62.0 Å². The van der Waals surface area contributed by atoms with Crippen LogP contribution in [0.15, 0.2) is 54.6 Å². The number of methoxy groups -OCH3 is 1. The van der Waals surface area contributed by atoms with Crippen molar-refractivity contribution in [1.82, 2.24) is 9.80 Å². The van der Waals surface area contributed by atoms with E-state index in [-0.39, 0.29) is 24.9 Å². The first kappa shape index (κ1) is 21.8. The lowest BCUT2D eigenvalue weighted by Crippen LogP contribution is -2.44. The van der Waals surface area contributed by atoms with Crippen molar-refractivity contribution in [2.24, 2.45) is 5.92 Å². The molecule has 0 aromatic heterocycles. The molecule has 6 heteroatoms. The maximum Gasteiger partial charge on any atom is 0.238 e. The quantitative estimate of drug-likeness (QED) is 0.728. The first-order valence-corrected chi connectivity index (χ1v) is 10.5. The second-order valence-electron chi connectivity index (χ2n) is 7.96. The van der Waals surface area contributed by atoms with E-state index >= 15 is 0 Å². The minimum atomic E-state index is -0.142. The number of nitrogens with one attached hydrogen (secondary N) is 1. The van der Waals surface area contributed by atoms with Gasteiger partial charge in [0, 0.05) is 18.8 Å². The number of ether oxygens (including phenoxy) is 1. The molecule has 0 unspecified atom stereocenters. The molecule has 2 aromatic rings. The third kappa shape index (κ3) is 6.59. The Morgan fingerprint density at radius 3 is 2.33 bits per heavy atom. The average molecular weight is 410 g/mol. The summed E-state index contributed by atoms with van der Waals surface area (Å²) >= 11 is 0. The number of amides is 2. The number of likely N-dealkylation sites (N-methyl/N-ethyl adjacent to an activating group) is 1. The first-order chi connectivity index (χ1) is 14.5. The molecule has 6 nitrogen and oxygen atoms in total. The summed E-state index contributed by atoms with van der Waals surface area (Å²) in [5.41, 5.74) is 2.07. The van der Waals surface area contributed by atoms with E-state index < -0.39 is 0 Å². The second-order valence-corrected chi connectivity index (χ2v) is 7.96. The highest BCUT2D eigenvalue weighted by Gasteiger charge is 2.24. The Labute approximate surface area is 178 Å². The van der Waals surface area contributed by atoms with Crippen molar-refractivity contribution in [3.8, 4) is 5.75 Å². The highest BCUT2D eigenvalue weighted by atomic mass is 16.5. The highest BCUT2D eigenvalue weighted by molar-refractivity contribution is 5.92. The summed E-state index contributed by atoms with van der Waals surface area (Å²) in [5.74, 6) is 1.32. The van der Waals surface area contributed by atoms with Crippen LogP contribution in [0.3, 0.4) is 0 Å². The van der Waals surface area contributed by atoms with Gasteiger partial charge in [0.1, 0.15) is 5.75 Å². The van der Waals surface area contributed by atoms with E-state index in [1.807, 2.05) is 11.0 Å². The Bertz CT molecular complexity index is 815. The van der Waals surface area contributed by atoms with Gasteiger partial charge in [-0.15, -0.1) is 0 Å². The van der Waals surface area contributed by atoms with Crippen molar-refractivity contribution >= 4 is 17.5 Å². The largest absolute Gasteiger partial charge is 0.497 e. The number of carbonyl (C=O) groups excluding carboxylic acids is 2. The van der Waals surface area contributed by atoms with Crippen LogP contribution in [0, 0.1) is 5.92 Å². The number of benzene rings is 2. The highest BCUT2D eigenvalue weighted by Crippen LogP contribution is 2.22. The average Bonchev–Trinajstić information content (AvgIpc) is 2.75. The van der Waals surface area contributed by atoms with Gasteiger partial charge in [-0.3, -0.25) is 14.5 Å². The topological polar surface area (TPSA) is 61.9 Å². The van der Waals surface area contributed by atoms with Gasteiger partial charge in [0.25, 0.3) is 0 Å². The molecule has 1 N–H and O–H groups in total. The predicted octanol–water partition coefficient (Wildman–Crippen LogP) is 3.05. The summed E-state index contributed by atoms with van der Waals surface area (Å²) in [6, 6.07) is 17.7. The van der Waals surface area contributed by atoms with E-state index in [1.54, 1.807) is 43.3 Å². The maximum atomic E-state index is 12.6. The SMILES string of the molecule is COc1ccc(NC(=O)CN(C)CC(=O)N2CCC(Cc3ccccc3)CC2)cc1. The first-order valence-electron chi connectivity index (χ1n) is 10.5. The smallest absolute Gasteiger partial charge is 0.238 e. The van der Waals surface area contributed by atoms with Crippen LogP contribution in [0.4, 0.5) is 5.69 Å². The number of hydrogen-bond acceptors (Lipinski definition) is 4. The molecule has 1 aliphatic heterocycles. The predicted molar refractivity (Wildman–Crippen MR) is 119 cm³/mol. The molecule has 1 saturated heterocycles. The molecular weight excluding hydrogens is 378 g/mol. The fourth-order valence-electron chi connectivity index (χ4n) is 3.84. The van der Waals surface area contributed by atoms with Gasteiger partial charge < -0.3 is 15.0 Å². The Kier molecular flexibility index (Phi) is 7.85. The van der Waals surface area contributed by atoms with Crippen LogP contribution in [0.25, 0.3) is 0 Å². The van der Waals surface area contributed by atoms with Gasteiger partial charge in [-0.2, -0.15) is 0 Å². The van der Waals surface area contributed by atoms with Crippen LogP contribution in [-0.2, 0) is 16.0 Å². The molecule has 0 spiro atoms. The van der Waals surface area contributed by atoms with E-state index in [2.05, 4.69) is 29.6 Å². The molecule has 30 heavy (non-hydrogen) atoms. The zero-order valence-corrected chi connectivity index (χ0v) is 17.8. The summed E-state index contributed by atoms with van der Waals surface area (Å²) in [6.07, 6.45) is 3.14. The molecule has 2 amide bonds. The van der Waals surface area contributed by atoms with Gasteiger partial charge in [-0.1, -0.05) is 30.3 Å². The van der Waals surface area contributed by atoms with E-state index in [0.717, 1.165) is 38.1 Å². The van der Waals surface area contributed by atoms with E-state index in [9.17, 15) is 9.59 Å². The van der Waals surface area contributed by atoms with Crippen LogP contribution < -0.4 is 10.1 Å². The van der Waals surface area contributed by atoms with Gasteiger partial charge in [0.05, 0.1) is 20.2 Å². The number of nitrogens with zero attached hydrogens (tertiary/aromatic N) is 2. The number of carbonyl (C=O) groups is 2. The molecule has 0 radical (unpaired) electrons. The molecule has 0 aliphatic carbocycles. The van der Waals surface area contributed by atoms with Crippen molar-refractivity contribution in [3.05, 3.63) is 60.2 Å². The van der Waals surface area contributed by atoms with Crippen molar-refractivity contribution in [3.63, 3.8) is 0 Å². The fraction of sp³-hybridized carbons (Fsp3) is 0.417. The Hall–Kier alpha value is -2.86. The Morgan fingerprint density at radius 2 is 1.70 bits per heavy atom. The molecule has 3 rings (SSSR count). The fourth-order valence-corrected chi connectivity index (χ4v) is 3.84. The van der Waals surface area contributed by atoms with Crippen LogP contribution >= 0.6 is 0 Å². The van der Waals surface area contributed by atoms with E-state index in [1.165, 1.54) is 5.56 Å². The zero-order chi connectivity index (χ0) is 21.3. The number of rotatable bonds is 8. The molecule has 2 aromatic carbocycles. The normalized spacial score (nSPS) is 14.6. The van der Waals surface area contributed by atoms with Crippen LogP contribution in [0.1, 0.15) is 18.4 Å². The van der Waals surface area contributed by atoms with Gasteiger partial charge in [-0.05, 0) is 62.1 Å². The number of likely N-dealkylation sites (tertiary alicyclic amines) is 1. The second kappa shape index (κ2) is 10.8. The zero-order valence-electron chi connectivity index (χ0n) is 17.8. The van der Waals surface area contributed by atoms with E-state index in [4.69, 9.17) is 4.74 Å². The third-order valence-corrected chi connectivity index (χ3v) is 5.53. The molecule has 0 bridgehead atoms. The van der Waals surface area contributed by atoms with Gasteiger partial charge >= 0.3 is 0 Å². The van der Waals surface area contributed by atoms with Crippen molar-refractivity contribution in [2.45, 2.75) is 19.3 Å². The van der Waals surface area contributed by atoms with Gasteiger partial charge in [0.2, 0.25) is 11.8 Å². The molecule has 1 heterocycles. The lowest BCUT2D eigenvalue weighted by atomic mass is 9.90. The number of hydrogen-bond donors (Lipinski definition) is 1. The summed E-state index contributed by atoms with van der Waals surface area (Å²) in [5, 5.41) is 2.84.